The Morgan fingerprint density at radius 1 is 1.08 bits per heavy atom. The van der Waals surface area contributed by atoms with Gasteiger partial charge in [0.25, 0.3) is 5.91 Å². The number of thiazole rings is 1. The summed E-state index contributed by atoms with van der Waals surface area (Å²) < 4.78 is 1.76. The van der Waals surface area contributed by atoms with Crippen LogP contribution in [-0.4, -0.2) is 20.7 Å². The average Bonchev–Trinajstić information content (AvgIpc) is 3.32. The molecule has 0 unspecified atom stereocenters. The molecule has 2 heterocycles. The van der Waals surface area contributed by atoms with E-state index in [0.29, 0.717) is 5.69 Å². The number of amides is 1. The molecule has 0 aliphatic carbocycles. The molecule has 2 aromatic heterocycles. The first-order valence-electron chi connectivity index (χ1n) is 8.14. The summed E-state index contributed by atoms with van der Waals surface area (Å²) in [6.45, 7) is 1.93. The van der Waals surface area contributed by atoms with Crippen molar-refractivity contribution in [3.8, 4) is 16.3 Å². The van der Waals surface area contributed by atoms with Gasteiger partial charge in [0.1, 0.15) is 5.01 Å². The first-order chi connectivity index (χ1) is 12.7. The van der Waals surface area contributed by atoms with Crippen LogP contribution in [0.25, 0.3) is 16.3 Å². The second kappa shape index (κ2) is 6.93. The Kier molecular flexibility index (Phi) is 4.33. The Balaban J connectivity index is 1.57. The summed E-state index contributed by atoms with van der Waals surface area (Å²) in [5, 5.41) is 10.2. The fraction of sp³-hybridized carbons (Fsp3) is 0.0500. The Bertz CT molecular complexity index is 1040. The van der Waals surface area contributed by atoms with E-state index in [9.17, 15) is 4.79 Å². The highest BCUT2D eigenvalue weighted by Gasteiger charge is 2.14. The Morgan fingerprint density at radius 2 is 1.92 bits per heavy atom. The molecular weight excluding hydrogens is 344 g/mol. The van der Waals surface area contributed by atoms with Crippen molar-refractivity contribution in [3.05, 3.63) is 83.6 Å². The maximum absolute atomic E-state index is 12.6. The van der Waals surface area contributed by atoms with Gasteiger partial charge >= 0.3 is 0 Å². The SMILES string of the molecule is Cc1cc(C(=O)Nc2cccc(-c3nccs3)c2)nn1-c1ccccc1. The van der Waals surface area contributed by atoms with Crippen LogP contribution in [0.4, 0.5) is 5.69 Å². The predicted octanol–water partition coefficient (Wildman–Crippen LogP) is 4.56. The number of nitrogens with zero attached hydrogens (tertiary/aromatic N) is 3. The number of carbonyl (C=O) groups excluding carboxylic acids is 1. The van der Waals surface area contributed by atoms with Crippen molar-refractivity contribution < 1.29 is 4.79 Å². The summed E-state index contributed by atoms with van der Waals surface area (Å²) in [6.07, 6.45) is 1.77. The van der Waals surface area contributed by atoms with Gasteiger partial charge in [-0.05, 0) is 37.3 Å². The highest BCUT2D eigenvalue weighted by atomic mass is 32.1. The van der Waals surface area contributed by atoms with Crippen LogP contribution < -0.4 is 5.32 Å². The molecule has 5 nitrogen and oxygen atoms in total. The fourth-order valence-electron chi connectivity index (χ4n) is 2.71. The lowest BCUT2D eigenvalue weighted by Gasteiger charge is -2.05. The standard InChI is InChI=1S/C20H16N4OS/c1-14-12-18(23-24(14)17-8-3-2-4-9-17)19(25)22-16-7-5-6-15(13-16)20-21-10-11-26-20/h2-13H,1H3,(H,22,25). The second-order valence-corrected chi connectivity index (χ2v) is 6.69. The number of aromatic nitrogens is 3. The van der Waals surface area contributed by atoms with Crippen LogP contribution in [0.2, 0.25) is 0 Å². The van der Waals surface area contributed by atoms with Gasteiger partial charge in [-0.1, -0.05) is 30.3 Å². The Hall–Kier alpha value is -3.25. The highest BCUT2D eigenvalue weighted by molar-refractivity contribution is 7.13. The minimum atomic E-state index is -0.237. The average molecular weight is 360 g/mol. The normalized spacial score (nSPS) is 10.7. The third-order valence-electron chi connectivity index (χ3n) is 3.92. The van der Waals surface area contributed by atoms with E-state index in [2.05, 4.69) is 15.4 Å². The number of benzene rings is 2. The van der Waals surface area contributed by atoms with Crippen molar-refractivity contribution in [1.82, 2.24) is 14.8 Å². The number of rotatable bonds is 4. The minimum absolute atomic E-state index is 0.237. The first kappa shape index (κ1) is 16.2. The molecule has 0 atom stereocenters. The van der Waals surface area contributed by atoms with Gasteiger partial charge in [0.2, 0.25) is 0 Å². The number of nitrogens with one attached hydrogen (secondary N) is 1. The zero-order valence-corrected chi connectivity index (χ0v) is 14.9. The molecule has 0 bridgehead atoms. The molecule has 0 spiro atoms. The van der Waals surface area contributed by atoms with Gasteiger partial charge in [-0.25, -0.2) is 9.67 Å². The third-order valence-corrected chi connectivity index (χ3v) is 4.74. The molecule has 2 aromatic carbocycles. The van der Waals surface area contributed by atoms with Gasteiger partial charge in [0, 0.05) is 28.5 Å². The van der Waals surface area contributed by atoms with Crippen LogP contribution in [0.15, 0.2) is 72.2 Å². The van der Waals surface area contributed by atoms with Crippen LogP contribution in [0.1, 0.15) is 16.2 Å². The van der Waals surface area contributed by atoms with Crippen LogP contribution in [0.5, 0.6) is 0 Å². The van der Waals surface area contributed by atoms with Crippen molar-refractivity contribution in [1.29, 1.82) is 0 Å². The van der Waals surface area contributed by atoms with E-state index >= 15 is 0 Å². The molecule has 0 aliphatic rings. The van der Waals surface area contributed by atoms with Crippen LogP contribution in [-0.2, 0) is 0 Å². The van der Waals surface area contributed by atoms with E-state index in [1.165, 1.54) is 0 Å². The molecular formula is C20H16N4OS. The minimum Gasteiger partial charge on any atom is -0.321 e. The van der Waals surface area contributed by atoms with E-state index in [0.717, 1.165) is 27.6 Å². The van der Waals surface area contributed by atoms with E-state index < -0.39 is 0 Å². The van der Waals surface area contributed by atoms with Gasteiger partial charge in [-0.15, -0.1) is 11.3 Å². The molecule has 0 saturated heterocycles. The number of carbonyl (C=O) groups is 1. The first-order valence-corrected chi connectivity index (χ1v) is 9.02. The molecule has 0 saturated carbocycles. The van der Waals surface area contributed by atoms with Crippen molar-refractivity contribution in [2.75, 3.05) is 5.32 Å². The molecule has 1 N–H and O–H groups in total. The number of anilines is 1. The number of hydrogen-bond acceptors (Lipinski definition) is 4. The predicted molar refractivity (Wildman–Crippen MR) is 104 cm³/mol. The van der Waals surface area contributed by atoms with Crippen LogP contribution in [0, 0.1) is 6.92 Å². The third kappa shape index (κ3) is 3.27. The van der Waals surface area contributed by atoms with Gasteiger partial charge < -0.3 is 5.32 Å². The second-order valence-electron chi connectivity index (χ2n) is 5.79. The summed E-state index contributed by atoms with van der Waals surface area (Å²) >= 11 is 1.56. The van der Waals surface area contributed by atoms with Crippen molar-refractivity contribution in [2.24, 2.45) is 0 Å². The number of aryl methyl sites for hydroxylation is 1. The van der Waals surface area contributed by atoms with Gasteiger partial charge in [0.15, 0.2) is 5.69 Å². The Labute approximate surface area is 155 Å². The molecule has 26 heavy (non-hydrogen) atoms. The summed E-state index contributed by atoms with van der Waals surface area (Å²) in [4.78, 5) is 16.9. The van der Waals surface area contributed by atoms with Crippen LogP contribution in [0.3, 0.4) is 0 Å². The monoisotopic (exact) mass is 360 g/mol. The molecule has 1 amide bonds. The lowest BCUT2D eigenvalue weighted by Crippen LogP contribution is -2.13. The van der Waals surface area contributed by atoms with E-state index in [1.54, 1.807) is 28.3 Å². The fourth-order valence-corrected chi connectivity index (χ4v) is 3.34. The lowest BCUT2D eigenvalue weighted by molar-refractivity contribution is 0.102. The quantitative estimate of drug-likeness (QED) is 0.580. The molecule has 4 rings (SSSR count). The molecule has 4 aromatic rings. The molecule has 0 fully saturated rings. The smallest absolute Gasteiger partial charge is 0.276 e. The molecule has 128 valence electrons. The van der Waals surface area contributed by atoms with Gasteiger partial charge in [-0.3, -0.25) is 4.79 Å². The van der Waals surface area contributed by atoms with Crippen molar-refractivity contribution in [3.63, 3.8) is 0 Å². The zero-order chi connectivity index (χ0) is 17.9. The molecule has 0 radical (unpaired) electrons. The van der Waals surface area contributed by atoms with Crippen molar-refractivity contribution >= 4 is 22.9 Å². The summed E-state index contributed by atoms with van der Waals surface area (Å²) in [7, 11) is 0. The van der Waals surface area contributed by atoms with Crippen LogP contribution >= 0.6 is 11.3 Å². The van der Waals surface area contributed by atoms with E-state index in [1.807, 2.05) is 66.9 Å². The zero-order valence-electron chi connectivity index (χ0n) is 14.1. The van der Waals surface area contributed by atoms with Gasteiger partial charge in [0.05, 0.1) is 5.69 Å². The van der Waals surface area contributed by atoms with Gasteiger partial charge in [-0.2, -0.15) is 5.10 Å². The maximum Gasteiger partial charge on any atom is 0.276 e. The summed E-state index contributed by atoms with van der Waals surface area (Å²) in [6, 6.07) is 19.2. The summed E-state index contributed by atoms with van der Waals surface area (Å²) in [5.41, 5.74) is 3.90. The van der Waals surface area contributed by atoms with E-state index in [-0.39, 0.29) is 5.91 Å². The lowest BCUT2D eigenvalue weighted by atomic mass is 10.2. The highest BCUT2D eigenvalue weighted by Crippen LogP contribution is 2.24. The van der Waals surface area contributed by atoms with Crippen molar-refractivity contribution in [2.45, 2.75) is 6.92 Å². The maximum atomic E-state index is 12.6. The molecule has 0 aliphatic heterocycles. The molecule has 6 heteroatoms. The van der Waals surface area contributed by atoms with E-state index in [4.69, 9.17) is 0 Å². The largest absolute Gasteiger partial charge is 0.321 e. The summed E-state index contributed by atoms with van der Waals surface area (Å²) in [5.74, 6) is -0.237. The number of hydrogen-bond donors (Lipinski definition) is 1. The Morgan fingerprint density at radius 3 is 2.69 bits per heavy atom. The topological polar surface area (TPSA) is 59.8 Å². The number of para-hydroxylation sites is 1.